The molecule has 0 spiro atoms. The molecule has 12 heteroatoms. The van der Waals surface area contributed by atoms with Crippen molar-refractivity contribution in [2.45, 2.75) is 161 Å². The first-order valence-corrected chi connectivity index (χ1v) is 20.2. The molecule has 0 radical (unpaired) electrons. The molecule has 0 aromatic rings. The van der Waals surface area contributed by atoms with Crippen LogP contribution in [-0.4, -0.2) is 106 Å². The molecule has 2 unspecified atom stereocenters. The molecule has 1 aliphatic carbocycles. The second-order valence-corrected chi connectivity index (χ2v) is 14.5. The van der Waals surface area contributed by atoms with E-state index in [4.69, 9.17) is 18.9 Å². The molecule has 52 heavy (non-hydrogen) atoms. The number of nitrogens with zero attached hydrogens (tertiary/aromatic N) is 1. The van der Waals surface area contributed by atoms with E-state index >= 15 is 0 Å². The fraction of sp³-hybridized carbons (Fsp3) is 0.875. The first kappa shape index (κ1) is 51.0. The van der Waals surface area contributed by atoms with E-state index in [2.05, 4.69) is 24.4 Å². The van der Waals surface area contributed by atoms with E-state index in [0.717, 1.165) is 62.4 Å². The first-order chi connectivity index (χ1) is 24.7. The van der Waals surface area contributed by atoms with Gasteiger partial charge in [-0.05, 0) is 71.6 Å². The fourth-order valence-corrected chi connectivity index (χ4v) is 7.29. The van der Waals surface area contributed by atoms with Gasteiger partial charge < -0.3 is 48.5 Å². The number of hydrogen-bond donors (Lipinski definition) is 1. The molecule has 1 saturated carbocycles. The van der Waals surface area contributed by atoms with Crippen LogP contribution in [-0.2, 0) is 33.3 Å². The van der Waals surface area contributed by atoms with Crippen LogP contribution in [0.2, 0.25) is 0 Å². The Balaban J connectivity index is 0.0000260. The van der Waals surface area contributed by atoms with E-state index in [1.54, 1.807) is 0 Å². The van der Waals surface area contributed by atoms with Crippen LogP contribution in [0.15, 0.2) is 12.2 Å². The van der Waals surface area contributed by atoms with E-state index in [1.807, 2.05) is 13.8 Å². The third kappa shape index (κ3) is 28.4. The van der Waals surface area contributed by atoms with E-state index in [1.165, 1.54) is 64.2 Å². The van der Waals surface area contributed by atoms with Crippen LogP contribution in [0.25, 0.3) is 0 Å². The quantitative estimate of drug-likeness (QED) is 0.0443. The number of allylic oxidation sites excluding steroid dienone is 2. The topological polar surface area (TPSA) is 146 Å². The van der Waals surface area contributed by atoms with Gasteiger partial charge in [-0.1, -0.05) is 76.9 Å². The molecule has 0 aliphatic heterocycles. The van der Waals surface area contributed by atoms with Crippen molar-refractivity contribution in [3.8, 4) is 0 Å². The summed E-state index contributed by atoms with van der Waals surface area (Å²) in [6.45, 7) is 8.99. The maximum Gasteiger partial charge on any atom is 1.00 e. The Morgan fingerprint density at radius 2 is 1.19 bits per heavy atom. The minimum atomic E-state index is -1.26. The molecule has 2 atom stereocenters. The summed E-state index contributed by atoms with van der Waals surface area (Å²) in [4.78, 5) is 34.2. The summed E-state index contributed by atoms with van der Waals surface area (Å²) < 4.78 is 23.1. The van der Waals surface area contributed by atoms with Gasteiger partial charge in [-0.25, -0.2) is 0 Å². The molecular weight excluding hydrogens is 675 g/mol. The van der Waals surface area contributed by atoms with Crippen molar-refractivity contribution in [3.05, 3.63) is 12.2 Å². The number of carboxylic acids is 2. The van der Waals surface area contributed by atoms with Gasteiger partial charge in [-0.3, -0.25) is 4.79 Å². The second-order valence-electron chi connectivity index (χ2n) is 14.5. The number of quaternary nitrogens is 1. The van der Waals surface area contributed by atoms with Gasteiger partial charge in [0.05, 0.1) is 70.7 Å². The molecular formula is C40H73N2NaO9. The van der Waals surface area contributed by atoms with Crippen molar-refractivity contribution in [1.29, 1.82) is 0 Å². The van der Waals surface area contributed by atoms with Gasteiger partial charge in [-0.15, -0.1) is 0 Å². The van der Waals surface area contributed by atoms with E-state index in [9.17, 15) is 24.6 Å². The number of carbonyl (C=O) groups excluding carboxylic acids is 3. The zero-order valence-electron chi connectivity index (χ0n) is 33.5. The third-order valence-electron chi connectivity index (χ3n) is 9.84. The zero-order chi connectivity index (χ0) is 37.4. The number of rotatable bonds is 35. The van der Waals surface area contributed by atoms with Crippen molar-refractivity contribution >= 4 is 17.8 Å². The van der Waals surface area contributed by atoms with Crippen LogP contribution >= 0.6 is 0 Å². The normalized spacial score (nSPS) is 15.9. The molecule has 1 fully saturated rings. The van der Waals surface area contributed by atoms with Gasteiger partial charge >= 0.3 is 29.6 Å². The smallest absolute Gasteiger partial charge is 0.548 e. The molecule has 1 amide bonds. The molecule has 1 rings (SSSR count). The summed E-state index contributed by atoms with van der Waals surface area (Å²) in [6.07, 6.45) is 26.6. The van der Waals surface area contributed by atoms with Crippen LogP contribution in [0, 0.1) is 0 Å². The second kappa shape index (κ2) is 34.4. The van der Waals surface area contributed by atoms with Crippen LogP contribution in [0.4, 0.5) is 0 Å². The standard InChI is InChI=1S/C40H74N2O9.Na/c1-4-5-6-7-8-9-10-11-12-13-14-15-16-17-21-24-38(43)41-25-26-42(37-22-19-18-20-23-37,31-35(2)50-29-27-48-33-39(44)45)32-36(3)51-30-28-49-34-40(46)47;/h11-12,35-37H,4-10,13-34H2,1-3H3,(H2-,41,43,44,45,46,47);/q;+1/p-1/b12-11+;. The van der Waals surface area contributed by atoms with Crippen LogP contribution in [0.5, 0.6) is 0 Å². The molecule has 0 bridgehead atoms. The minimum Gasteiger partial charge on any atom is -0.548 e. The van der Waals surface area contributed by atoms with Crippen molar-refractivity contribution in [2.24, 2.45) is 0 Å². The number of hydrogen-bond acceptors (Lipinski definition) is 9. The van der Waals surface area contributed by atoms with Crippen molar-refractivity contribution in [2.75, 3.05) is 65.8 Å². The molecule has 11 nitrogen and oxygen atoms in total. The average Bonchev–Trinajstić information content (AvgIpc) is 3.09. The van der Waals surface area contributed by atoms with Crippen LogP contribution in [0.3, 0.4) is 0 Å². The molecule has 298 valence electrons. The number of carbonyl (C=O) groups is 3. The third-order valence-corrected chi connectivity index (χ3v) is 9.84. The predicted octanol–water partition coefficient (Wildman–Crippen LogP) is 1.64. The van der Waals surface area contributed by atoms with Gasteiger partial charge in [0.2, 0.25) is 5.91 Å². The Morgan fingerprint density at radius 1 is 0.712 bits per heavy atom. The van der Waals surface area contributed by atoms with E-state index < -0.39 is 25.2 Å². The number of aliphatic carboxylic acids is 2. The molecule has 0 aromatic heterocycles. The Kier molecular flexibility index (Phi) is 33.7. The summed E-state index contributed by atoms with van der Waals surface area (Å²) in [6, 6.07) is 0.391. The summed E-state index contributed by atoms with van der Waals surface area (Å²) in [5.74, 6) is -2.42. The largest absolute Gasteiger partial charge is 1.00 e. The van der Waals surface area contributed by atoms with E-state index in [-0.39, 0.29) is 74.1 Å². The Labute approximate surface area is 338 Å². The summed E-state index contributed by atoms with van der Waals surface area (Å²) >= 11 is 0. The van der Waals surface area contributed by atoms with E-state index in [0.29, 0.717) is 32.1 Å². The SMILES string of the molecule is CCCCCCCC/C=C/CCCCCCCC(=O)NCC[N+](CC(C)OCCOCC(=O)[O-])(CC(C)OCCOCC(=O)[O-])C1CCCCC1.[Na+]. The Morgan fingerprint density at radius 3 is 1.69 bits per heavy atom. The maximum atomic E-state index is 12.9. The maximum absolute atomic E-state index is 12.9. The fourth-order valence-electron chi connectivity index (χ4n) is 7.29. The van der Waals surface area contributed by atoms with Crippen LogP contribution < -0.4 is 45.1 Å². The number of unbranched alkanes of at least 4 members (excludes halogenated alkanes) is 11. The molecule has 0 heterocycles. The van der Waals surface area contributed by atoms with Gasteiger partial charge in [0.15, 0.2) is 0 Å². The molecule has 0 saturated heterocycles. The summed E-state index contributed by atoms with van der Waals surface area (Å²) in [5.41, 5.74) is 0. The minimum absolute atomic E-state index is 0. The van der Waals surface area contributed by atoms with Gasteiger partial charge in [0, 0.05) is 6.42 Å². The monoisotopic (exact) mass is 749 g/mol. The van der Waals surface area contributed by atoms with Crippen molar-refractivity contribution in [1.82, 2.24) is 5.32 Å². The van der Waals surface area contributed by atoms with Gasteiger partial charge in [0.1, 0.15) is 25.3 Å². The van der Waals surface area contributed by atoms with Gasteiger partial charge in [0.25, 0.3) is 0 Å². The first-order valence-electron chi connectivity index (χ1n) is 20.2. The Bertz CT molecular complexity index is 885. The van der Waals surface area contributed by atoms with Crippen molar-refractivity contribution in [3.63, 3.8) is 0 Å². The molecule has 1 aliphatic rings. The Hall–Kier alpha value is -1.05. The van der Waals surface area contributed by atoms with Gasteiger partial charge in [-0.2, -0.15) is 0 Å². The average molecular weight is 749 g/mol. The number of amides is 1. The molecule has 0 aromatic carbocycles. The molecule has 1 N–H and O–H groups in total. The number of ether oxygens (including phenoxy) is 4. The summed E-state index contributed by atoms with van der Waals surface area (Å²) in [7, 11) is 0. The number of carboxylic acid groups (broad SMARTS) is 2. The zero-order valence-corrected chi connectivity index (χ0v) is 35.5. The predicted molar refractivity (Wildman–Crippen MR) is 197 cm³/mol. The van der Waals surface area contributed by atoms with Crippen molar-refractivity contribution < 1.29 is 77.6 Å². The number of nitrogens with one attached hydrogen (secondary N) is 1. The van der Waals surface area contributed by atoms with Crippen LogP contribution in [0.1, 0.15) is 143 Å². The summed E-state index contributed by atoms with van der Waals surface area (Å²) in [5, 5.41) is 24.6.